The van der Waals surface area contributed by atoms with Crippen LogP contribution in [0.3, 0.4) is 0 Å². The molecule has 19 heavy (non-hydrogen) atoms. The van der Waals surface area contributed by atoms with Crippen molar-refractivity contribution in [1.29, 1.82) is 0 Å². The van der Waals surface area contributed by atoms with Crippen molar-refractivity contribution >= 4 is 15.9 Å². The molecule has 1 rings (SSSR count). The summed E-state index contributed by atoms with van der Waals surface area (Å²) in [5.74, 6) is 0. The van der Waals surface area contributed by atoms with Crippen LogP contribution in [0.15, 0.2) is 10.7 Å². The zero-order valence-corrected chi connectivity index (χ0v) is 12.4. The van der Waals surface area contributed by atoms with Crippen molar-refractivity contribution in [2.45, 2.75) is 25.6 Å². The molecule has 0 aliphatic rings. The average molecular weight is 344 g/mol. The highest BCUT2D eigenvalue weighted by atomic mass is 79.9. The molecule has 0 spiro atoms. The van der Waals surface area contributed by atoms with Crippen LogP contribution in [0, 0.1) is 0 Å². The van der Waals surface area contributed by atoms with Gasteiger partial charge in [-0.15, -0.1) is 0 Å². The molecule has 0 bridgehead atoms. The number of ether oxygens (including phenoxy) is 1. The third-order valence-electron chi connectivity index (χ3n) is 2.53. The molecular formula is C11H17BrF3N3O. The van der Waals surface area contributed by atoms with E-state index in [2.05, 4.69) is 31.1 Å². The molecule has 0 aliphatic carbocycles. The van der Waals surface area contributed by atoms with Gasteiger partial charge in [0, 0.05) is 13.7 Å². The van der Waals surface area contributed by atoms with Crippen LogP contribution in [-0.4, -0.2) is 35.7 Å². The summed E-state index contributed by atoms with van der Waals surface area (Å²) in [5.41, 5.74) is 0.900. The summed E-state index contributed by atoms with van der Waals surface area (Å²) in [6.45, 7) is 1.47. The summed E-state index contributed by atoms with van der Waals surface area (Å²) >= 11 is 3.38. The second-order valence-corrected chi connectivity index (χ2v) is 4.92. The van der Waals surface area contributed by atoms with E-state index in [9.17, 15) is 13.2 Å². The van der Waals surface area contributed by atoms with Crippen molar-refractivity contribution in [1.82, 2.24) is 15.1 Å². The van der Waals surface area contributed by atoms with Gasteiger partial charge in [-0.1, -0.05) is 6.92 Å². The molecular weight excluding hydrogens is 327 g/mol. The first-order valence-electron chi connectivity index (χ1n) is 5.90. The maximum Gasteiger partial charge on any atom is 0.411 e. The van der Waals surface area contributed by atoms with Gasteiger partial charge in [-0.3, -0.25) is 4.68 Å². The fourth-order valence-electron chi connectivity index (χ4n) is 1.78. The highest BCUT2D eigenvalue weighted by Crippen LogP contribution is 2.25. The fourth-order valence-corrected chi connectivity index (χ4v) is 2.41. The molecule has 0 saturated carbocycles. The maximum atomic E-state index is 12.0. The summed E-state index contributed by atoms with van der Waals surface area (Å²) in [6, 6.07) is -0.0971. The Balaban J connectivity index is 2.55. The van der Waals surface area contributed by atoms with E-state index >= 15 is 0 Å². The summed E-state index contributed by atoms with van der Waals surface area (Å²) < 4.78 is 43.1. The van der Waals surface area contributed by atoms with Crippen LogP contribution in [0.5, 0.6) is 0 Å². The van der Waals surface area contributed by atoms with Crippen molar-refractivity contribution in [3.63, 3.8) is 0 Å². The van der Waals surface area contributed by atoms with E-state index in [1.54, 1.807) is 17.9 Å². The van der Waals surface area contributed by atoms with Crippen LogP contribution >= 0.6 is 15.9 Å². The number of aromatic nitrogens is 2. The van der Waals surface area contributed by atoms with E-state index in [0.717, 1.165) is 10.2 Å². The zero-order chi connectivity index (χ0) is 14.5. The Labute approximate surface area is 118 Å². The predicted molar refractivity (Wildman–Crippen MR) is 68.8 cm³/mol. The molecule has 1 atom stereocenters. The number of halogens is 4. The first-order chi connectivity index (χ1) is 8.85. The second kappa shape index (κ2) is 7.25. The molecule has 0 fully saturated rings. The Hall–Kier alpha value is -0.600. The van der Waals surface area contributed by atoms with Crippen LogP contribution in [0.4, 0.5) is 13.2 Å². The maximum absolute atomic E-state index is 12.0. The quantitative estimate of drug-likeness (QED) is 0.774. The van der Waals surface area contributed by atoms with Crippen molar-refractivity contribution in [3.05, 3.63) is 16.4 Å². The lowest BCUT2D eigenvalue weighted by atomic mass is 10.1. The summed E-state index contributed by atoms with van der Waals surface area (Å²) in [7, 11) is 1.79. The lowest BCUT2D eigenvalue weighted by Gasteiger charge is -2.19. The van der Waals surface area contributed by atoms with Crippen LogP contribution in [0.1, 0.15) is 25.1 Å². The van der Waals surface area contributed by atoms with E-state index in [-0.39, 0.29) is 12.6 Å². The lowest BCUT2D eigenvalue weighted by molar-refractivity contribution is -0.174. The molecule has 0 saturated heterocycles. The number of nitrogens with zero attached hydrogens (tertiary/aromatic N) is 2. The van der Waals surface area contributed by atoms with Gasteiger partial charge in [0.2, 0.25) is 0 Å². The van der Waals surface area contributed by atoms with Crippen molar-refractivity contribution in [2.24, 2.45) is 7.05 Å². The van der Waals surface area contributed by atoms with Gasteiger partial charge in [0.15, 0.2) is 0 Å². The average Bonchev–Trinajstić information content (AvgIpc) is 2.62. The third kappa shape index (κ3) is 5.50. The third-order valence-corrected chi connectivity index (χ3v) is 3.15. The Morgan fingerprint density at radius 2 is 2.21 bits per heavy atom. The largest absolute Gasteiger partial charge is 0.411 e. The molecule has 1 heterocycles. The number of nitrogens with one attached hydrogen (secondary N) is 1. The molecule has 0 aromatic carbocycles. The van der Waals surface area contributed by atoms with Crippen LogP contribution < -0.4 is 5.32 Å². The Morgan fingerprint density at radius 3 is 2.68 bits per heavy atom. The van der Waals surface area contributed by atoms with Gasteiger partial charge in [-0.05, 0) is 28.9 Å². The lowest BCUT2D eigenvalue weighted by Crippen LogP contribution is -2.26. The number of aryl methyl sites for hydroxylation is 1. The first-order valence-corrected chi connectivity index (χ1v) is 6.69. The van der Waals surface area contributed by atoms with E-state index in [1.165, 1.54) is 0 Å². The Bertz CT molecular complexity index is 376. The van der Waals surface area contributed by atoms with Crippen molar-refractivity contribution in [3.8, 4) is 0 Å². The van der Waals surface area contributed by atoms with Crippen LogP contribution in [0.2, 0.25) is 0 Å². The summed E-state index contributed by atoms with van der Waals surface area (Å²) in [6.07, 6.45) is -2.17. The number of alkyl halides is 3. The summed E-state index contributed by atoms with van der Waals surface area (Å²) in [5, 5.41) is 7.31. The van der Waals surface area contributed by atoms with Gasteiger partial charge >= 0.3 is 6.18 Å². The minimum absolute atomic E-state index is 0.0365. The van der Waals surface area contributed by atoms with Gasteiger partial charge in [-0.2, -0.15) is 18.3 Å². The zero-order valence-electron chi connectivity index (χ0n) is 10.8. The molecule has 4 nitrogen and oxygen atoms in total. The topological polar surface area (TPSA) is 39.1 Å². The molecule has 1 aromatic rings. The van der Waals surface area contributed by atoms with E-state index in [0.29, 0.717) is 13.0 Å². The molecule has 8 heteroatoms. The fraction of sp³-hybridized carbons (Fsp3) is 0.727. The molecule has 1 aromatic heterocycles. The SMILES string of the molecule is CCNC(CCOCC(F)(F)F)c1c(Br)cnn1C. The predicted octanol–water partition coefficient (Wildman–Crippen LogP) is 2.80. The van der Waals surface area contributed by atoms with Gasteiger partial charge in [0.05, 0.1) is 22.4 Å². The summed E-state index contributed by atoms with van der Waals surface area (Å²) in [4.78, 5) is 0. The van der Waals surface area contributed by atoms with Gasteiger partial charge in [-0.25, -0.2) is 0 Å². The van der Waals surface area contributed by atoms with Crippen molar-refractivity contribution < 1.29 is 17.9 Å². The van der Waals surface area contributed by atoms with Crippen LogP contribution in [0.25, 0.3) is 0 Å². The minimum Gasteiger partial charge on any atom is -0.372 e. The smallest absolute Gasteiger partial charge is 0.372 e. The molecule has 110 valence electrons. The minimum atomic E-state index is -4.28. The second-order valence-electron chi connectivity index (χ2n) is 4.07. The van der Waals surface area contributed by atoms with E-state index in [1.807, 2.05) is 6.92 Å². The highest BCUT2D eigenvalue weighted by Gasteiger charge is 2.27. The Morgan fingerprint density at radius 1 is 1.53 bits per heavy atom. The molecule has 0 amide bonds. The normalized spacial score (nSPS) is 13.8. The van der Waals surface area contributed by atoms with Gasteiger partial charge < -0.3 is 10.1 Å². The number of hydrogen-bond acceptors (Lipinski definition) is 3. The van der Waals surface area contributed by atoms with E-state index in [4.69, 9.17) is 0 Å². The highest BCUT2D eigenvalue weighted by molar-refractivity contribution is 9.10. The van der Waals surface area contributed by atoms with Crippen molar-refractivity contribution in [2.75, 3.05) is 19.8 Å². The first kappa shape index (κ1) is 16.5. The molecule has 0 aliphatic heterocycles. The van der Waals surface area contributed by atoms with Crippen LogP contribution in [-0.2, 0) is 11.8 Å². The number of hydrogen-bond donors (Lipinski definition) is 1. The molecule has 1 N–H and O–H groups in total. The van der Waals surface area contributed by atoms with Gasteiger partial charge in [0.1, 0.15) is 6.61 Å². The van der Waals surface area contributed by atoms with E-state index < -0.39 is 12.8 Å². The molecule has 0 radical (unpaired) electrons. The number of rotatable bonds is 7. The molecule has 1 unspecified atom stereocenters. The van der Waals surface area contributed by atoms with Gasteiger partial charge in [0.25, 0.3) is 0 Å². The Kier molecular flexibility index (Phi) is 6.28. The standard InChI is InChI=1S/C11H17BrF3N3O/c1-3-16-9(4-5-19-7-11(13,14)15)10-8(12)6-17-18(10)2/h6,9,16H,3-5,7H2,1-2H3. The monoisotopic (exact) mass is 343 g/mol.